The van der Waals surface area contributed by atoms with Crippen LogP contribution in [0.1, 0.15) is 11.9 Å². The average molecular weight is 270 g/mol. The highest BCUT2D eigenvalue weighted by Gasteiger charge is 2.37. The van der Waals surface area contributed by atoms with Crippen molar-refractivity contribution in [3.63, 3.8) is 0 Å². The van der Waals surface area contributed by atoms with Crippen molar-refractivity contribution in [1.82, 2.24) is 15.1 Å². The Balaban J connectivity index is 1.97. The van der Waals surface area contributed by atoms with Crippen LogP contribution in [-0.4, -0.2) is 45.3 Å². The second kappa shape index (κ2) is 4.89. The van der Waals surface area contributed by atoms with Crippen LogP contribution in [0.15, 0.2) is 0 Å². The minimum absolute atomic E-state index is 0.0376. The highest BCUT2D eigenvalue weighted by molar-refractivity contribution is 7.15. The molecule has 1 aromatic heterocycles. The van der Waals surface area contributed by atoms with Gasteiger partial charge in [-0.05, 0) is 12.8 Å². The van der Waals surface area contributed by atoms with Gasteiger partial charge in [0.2, 0.25) is 5.13 Å². The molecule has 2 amide bonds. The van der Waals surface area contributed by atoms with Gasteiger partial charge in [-0.25, -0.2) is 4.79 Å². The lowest BCUT2D eigenvalue weighted by atomic mass is 9.99. The van der Waals surface area contributed by atoms with E-state index in [0.717, 1.165) is 5.01 Å². The molecule has 1 aliphatic rings. The Hall–Kier alpha value is -1.70. The maximum Gasteiger partial charge on any atom is 0.323 e. The summed E-state index contributed by atoms with van der Waals surface area (Å²) < 4.78 is 0. The normalized spacial score (nSPS) is 23.1. The van der Waals surface area contributed by atoms with Gasteiger partial charge in [-0.1, -0.05) is 18.3 Å². The van der Waals surface area contributed by atoms with Gasteiger partial charge in [0.15, 0.2) is 0 Å². The van der Waals surface area contributed by atoms with Gasteiger partial charge >= 0.3 is 12.0 Å². The summed E-state index contributed by atoms with van der Waals surface area (Å²) in [5.41, 5.74) is 0. The summed E-state index contributed by atoms with van der Waals surface area (Å²) in [5.74, 6) is -1.39. The third-order valence-corrected chi connectivity index (χ3v) is 3.71. The molecule has 1 aromatic rings. The first-order valence-corrected chi connectivity index (χ1v) is 6.38. The van der Waals surface area contributed by atoms with Crippen molar-refractivity contribution in [1.29, 1.82) is 0 Å². The van der Waals surface area contributed by atoms with E-state index < -0.39 is 11.9 Å². The van der Waals surface area contributed by atoms with Crippen molar-refractivity contribution in [3.8, 4) is 0 Å². The van der Waals surface area contributed by atoms with Gasteiger partial charge in [-0.2, -0.15) is 0 Å². The molecule has 2 atom stereocenters. The van der Waals surface area contributed by atoms with E-state index >= 15 is 0 Å². The number of hydrogen-bond acceptors (Lipinski definition) is 5. The Kier molecular flexibility index (Phi) is 3.46. The molecule has 0 radical (unpaired) electrons. The van der Waals surface area contributed by atoms with Gasteiger partial charge in [-0.3, -0.25) is 10.1 Å². The van der Waals surface area contributed by atoms with Crippen molar-refractivity contribution in [3.05, 3.63) is 5.01 Å². The first-order chi connectivity index (χ1) is 8.47. The molecular weight excluding hydrogens is 256 g/mol. The van der Waals surface area contributed by atoms with Crippen LogP contribution in [0.3, 0.4) is 0 Å². The number of carbonyl (C=O) groups excluding carboxylic acids is 1. The van der Waals surface area contributed by atoms with Crippen LogP contribution < -0.4 is 5.32 Å². The Bertz CT molecular complexity index is 475. The molecule has 2 rings (SSSR count). The summed E-state index contributed by atoms with van der Waals surface area (Å²) in [6.07, 6.45) is 0. The van der Waals surface area contributed by atoms with Crippen LogP contribution >= 0.6 is 11.3 Å². The molecule has 2 heterocycles. The van der Waals surface area contributed by atoms with E-state index in [-0.39, 0.29) is 18.5 Å². The summed E-state index contributed by atoms with van der Waals surface area (Å²) in [5, 5.41) is 20.4. The van der Waals surface area contributed by atoms with Crippen LogP contribution in [-0.2, 0) is 4.79 Å². The number of carboxylic acid groups (broad SMARTS) is 1. The standard InChI is InChI=1S/C10H14N4O3S/c1-5-3-14(4-7(5)8(15)16)10(17)11-9-13-12-6(2)18-9/h5,7H,3-4H2,1-2H3,(H,15,16)(H,11,13,17)/t5-,7-/m1/s1. The fraction of sp³-hybridized carbons (Fsp3) is 0.600. The molecule has 98 valence electrons. The number of aryl methyl sites for hydroxylation is 1. The molecule has 7 nitrogen and oxygen atoms in total. The van der Waals surface area contributed by atoms with Gasteiger partial charge in [0.25, 0.3) is 0 Å². The smallest absolute Gasteiger partial charge is 0.323 e. The van der Waals surface area contributed by atoms with E-state index in [9.17, 15) is 9.59 Å². The minimum atomic E-state index is -0.857. The predicted octanol–water partition coefficient (Wildman–Crippen LogP) is 1.03. The number of likely N-dealkylation sites (tertiary alicyclic amines) is 1. The van der Waals surface area contributed by atoms with Crippen LogP contribution in [0.4, 0.5) is 9.93 Å². The summed E-state index contributed by atoms with van der Waals surface area (Å²) >= 11 is 1.29. The summed E-state index contributed by atoms with van der Waals surface area (Å²) in [4.78, 5) is 24.4. The Labute approximate surface area is 108 Å². The highest BCUT2D eigenvalue weighted by atomic mass is 32.1. The van der Waals surface area contributed by atoms with Crippen molar-refractivity contribution in [2.45, 2.75) is 13.8 Å². The summed E-state index contributed by atoms with van der Waals surface area (Å²) in [6.45, 7) is 4.31. The highest BCUT2D eigenvalue weighted by Crippen LogP contribution is 2.24. The van der Waals surface area contributed by atoms with Crippen molar-refractivity contribution >= 4 is 28.5 Å². The van der Waals surface area contributed by atoms with E-state index in [1.807, 2.05) is 6.92 Å². The Morgan fingerprint density at radius 1 is 1.44 bits per heavy atom. The van der Waals surface area contributed by atoms with Gasteiger partial charge < -0.3 is 10.0 Å². The largest absolute Gasteiger partial charge is 0.481 e. The van der Waals surface area contributed by atoms with Crippen molar-refractivity contribution in [2.75, 3.05) is 18.4 Å². The first-order valence-electron chi connectivity index (χ1n) is 5.56. The molecule has 0 aromatic carbocycles. The van der Waals surface area contributed by atoms with Crippen LogP contribution in [0.2, 0.25) is 0 Å². The second-order valence-electron chi connectivity index (χ2n) is 4.38. The fourth-order valence-electron chi connectivity index (χ4n) is 1.97. The third-order valence-electron chi connectivity index (χ3n) is 2.96. The van der Waals surface area contributed by atoms with Crippen LogP contribution in [0, 0.1) is 18.8 Å². The lowest BCUT2D eigenvalue weighted by Gasteiger charge is -2.15. The number of hydrogen-bond donors (Lipinski definition) is 2. The van der Waals surface area contributed by atoms with Crippen molar-refractivity contribution < 1.29 is 14.7 Å². The number of amides is 2. The number of rotatable bonds is 2. The lowest BCUT2D eigenvalue weighted by Crippen LogP contribution is -2.33. The number of urea groups is 1. The summed E-state index contributed by atoms with van der Waals surface area (Å²) in [6, 6.07) is -0.318. The third kappa shape index (κ3) is 2.58. The van der Waals surface area contributed by atoms with Gasteiger partial charge in [0, 0.05) is 13.1 Å². The molecule has 1 saturated heterocycles. The molecule has 0 unspecified atom stereocenters. The van der Waals surface area contributed by atoms with Gasteiger partial charge in [-0.15, -0.1) is 10.2 Å². The van der Waals surface area contributed by atoms with Crippen LogP contribution in [0.5, 0.6) is 0 Å². The van der Waals surface area contributed by atoms with E-state index in [4.69, 9.17) is 5.11 Å². The Morgan fingerprint density at radius 3 is 2.67 bits per heavy atom. The fourth-order valence-corrected chi connectivity index (χ4v) is 2.55. The number of nitrogens with zero attached hydrogens (tertiary/aromatic N) is 3. The van der Waals surface area contributed by atoms with E-state index in [1.54, 1.807) is 6.92 Å². The van der Waals surface area contributed by atoms with E-state index in [0.29, 0.717) is 11.7 Å². The van der Waals surface area contributed by atoms with Crippen LogP contribution in [0.25, 0.3) is 0 Å². The molecule has 2 N–H and O–H groups in total. The van der Waals surface area contributed by atoms with Crippen molar-refractivity contribution in [2.24, 2.45) is 11.8 Å². The first kappa shape index (κ1) is 12.7. The van der Waals surface area contributed by atoms with E-state index in [2.05, 4.69) is 15.5 Å². The molecule has 1 fully saturated rings. The molecule has 0 bridgehead atoms. The number of aliphatic carboxylic acids is 1. The molecule has 0 aliphatic carbocycles. The quantitative estimate of drug-likeness (QED) is 0.836. The monoisotopic (exact) mass is 270 g/mol. The maximum absolute atomic E-state index is 11.9. The zero-order valence-corrected chi connectivity index (χ0v) is 10.9. The molecule has 8 heteroatoms. The van der Waals surface area contributed by atoms with E-state index in [1.165, 1.54) is 16.2 Å². The molecule has 18 heavy (non-hydrogen) atoms. The minimum Gasteiger partial charge on any atom is -0.481 e. The molecule has 0 saturated carbocycles. The lowest BCUT2D eigenvalue weighted by molar-refractivity contribution is -0.142. The zero-order valence-electron chi connectivity index (χ0n) is 10.1. The topological polar surface area (TPSA) is 95.4 Å². The number of carboxylic acids is 1. The zero-order chi connectivity index (χ0) is 13.3. The average Bonchev–Trinajstić information content (AvgIpc) is 2.85. The number of carbonyl (C=O) groups is 2. The molecule has 0 spiro atoms. The number of anilines is 1. The molecule has 1 aliphatic heterocycles. The second-order valence-corrected chi connectivity index (χ2v) is 5.57. The van der Waals surface area contributed by atoms with Gasteiger partial charge in [0.05, 0.1) is 5.92 Å². The molecular formula is C10H14N4O3S. The Morgan fingerprint density at radius 2 is 2.17 bits per heavy atom. The maximum atomic E-state index is 11.9. The predicted molar refractivity (Wildman–Crippen MR) is 65.5 cm³/mol. The summed E-state index contributed by atoms with van der Waals surface area (Å²) in [7, 11) is 0. The number of nitrogens with one attached hydrogen (secondary N) is 1. The van der Waals surface area contributed by atoms with Gasteiger partial charge in [0.1, 0.15) is 5.01 Å². The number of aromatic nitrogens is 2. The SMILES string of the molecule is Cc1nnc(NC(=O)N2C[C@@H](C)[C@H](C(=O)O)C2)s1.